The van der Waals surface area contributed by atoms with Crippen molar-refractivity contribution in [2.75, 3.05) is 75.4 Å². The van der Waals surface area contributed by atoms with Crippen LogP contribution in [0, 0.1) is 5.82 Å². The van der Waals surface area contributed by atoms with Crippen molar-refractivity contribution in [3.63, 3.8) is 0 Å². The Morgan fingerprint density at radius 1 is 1.00 bits per heavy atom. The zero-order valence-corrected chi connectivity index (χ0v) is 19.0. The monoisotopic (exact) mass is 469 g/mol. The summed E-state index contributed by atoms with van der Waals surface area (Å²) in [5, 5.41) is 7.47. The molecule has 0 aliphatic carbocycles. The number of fused-ring (bicyclic) bond motifs is 1. The molecule has 2 saturated heterocycles. The molecule has 5 rings (SSSR count). The van der Waals surface area contributed by atoms with Gasteiger partial charge in [0.25, 0.3) is 11.6 Å². The number of ether oxygens (including phenoxy) is 1. The second-order valence-corrected chi connectivity index (χ2v) is 8.42. The summed E-state index contributed by atoms with van der Waals surface area (Å²) in [6.07, 6.45) is 2.25. The summed E-state index contributed by atoms with van der Waals surface area (Å²) in [6, 6.07) is 6.64. The molecule has 0 unspecified atom stereocenters. The van der Waals surface area contributed by atoms with E-state index >= 15 is 0 Å². The molecule has 180 valence electrons. The summed E-state index contributed by atoms with van der Waals surface area (Å²) in [5.41, 5.74) is 1.57. The van der Waals surface area contributed by atoms with Crippen LogP contribution in [0.15, 0.2) is 35.1 Å². The highest BCUT2D eigenvalue weighted by Gasteiger charge is 2.25. The molecule has 3 aromatic rings. The molecule has 0 atom stereocenters. The lowest BCUT2D eigenvalue weighted by atomic mass is 10.2. The van der Waals surface area contributed by atoms with Gasteiger partial charge in [0.1, 0.15) is 23.3 Å². The lowest BCUT2D eigenvalue weighted by molar-refractivity contribution is 0.0944. The van der Waals surface area contributed by atoms with Crippen molar-refractivity contribution in [2.24, 2.45) is 0 Å². The molecule has 34 heavy (non-hydrogen) atoms. The fourth-order valence-corrected chi connectivity index (χ4v) is 4.41. The molecule has 2 aromatic heterocycles. The van der Waals surface area contributed by atoms with Gasteiger partial charge in [-0.3, -0.25) is 9.69 Å². The molecule has 1 N–H and O–H groups in total. The number of anilines is 2. The minimum Gasteiger partial charge on any atom is -0.378 e. The van der Waals surface area contributed by atoms with Gasteiger partial charge in [0.2, 0.25) is 0 Å². The number of piperazine rings is 1. The van der Waals surface area contributed by atoms with Crippen LogP contribution in [-0.4, -0.2) is 91.5 Å². The predicted octanol–water partition coefficient (Wildman–Crippen LogP) is 1.54. The van der Waals surface area contributed by atoms with E-state index < -0.39 is 0 Å². The number of amides is 1. The number of halogens is 1. The summed E-state index contributed by atoms with van der Waals surface area (Å²) in [5.74, 6) is 0.149. The second-order valence-electron chi connectivity index (χ2n) is 8.42. The Morgan fingerprint density at radius 2 is 1.76 bits per heavy atom. The third-order valence-corrected chi connectivity index (χ3v) is 6.28. The van der Waals surface area contributed by atoms with E-state index in [1.54, 1.807) is 0 Å². The fraction of sp³-hybridized carbons (Fsp3) is 0.478. The second kappa shape index (κ2) is 10.3. The van der Waals surface area contributed by atoms with Gasteiger partial charge in [-0.25, -0.2) is 9.37 Å². The predicted molar refractivity (Wildman–Crippen MR) is 125 cm³/mol. The normalized spacial score (nSPS) is 17.3. The standard InChI is InChI=1S/C23H28FN7O3/c24-17-2-4-18(5-3-17)30-10-8-29(9-11-30)7-1-6-25-22(32)20-19-21(31-12-14-33-15-13-31)26-16-27-23(19)34-28-20/h2-5,16H,1,6-15H2,(H,25,32). The van der Waals surface area contributed by atoms with Gasteiger partial charge in [0, 0.05) is 51.5 Å². The van der Waals surface area contributed by atoms with Gasteiger partial charge in [-0.1, -0.05) is 5.16 Å². The number of carbonyl (C=O) groups is 1. The molecule has 4 heterocycles. The van der Waals surface area contributed by atoms with Gasteiger partial charge in [-0.15, -0.1) is 0 Å². The summed E-state index contributed by atoms with van der Waals surface area (Å²) in [7, 11) is 0. The Balaban J connectivity index is 1.11. The van der Waals surface area contributed by atoms with Crippen molar-refractivity contribution in [1.29, 1.82) is 0 Å². The van der Waals surface area contributed by atoms with Crippen molar-refractivity contribution < 1.29 is 18.4 Å². The van der Waals surface area contributed by atoms with E-state index in [2.05, 4.69) is 35.1 Å². The summed E-state index contributed by atoms with van der Waals surface area (Å²) < 4.78 is 23.9. The van der Waals surface area contributed by atoms with E-state index in [9.17, 15) is 9.18 Å². The van der Waals surface area contributed by atoms with E-state index in [1.807, 2.05) is 12.1 Å². The first-order valence-corrected chi connectivity index (χ1v) is 11.6. The van der Waals surface area contributed by atoms with Crippen LogP contribution in [0.2, 0.25) is 0 Å². The van der Waals surface area contributed by atoms with E-state index in [0.717, 1.165) is 44.8 Å². The number of morpholine rings is 1. The van der Waals surface area contributed by atoms with Crippen LogP contribution in [0.4, 0.5) is 15.9 Å². The Kier molecular flexibility index (Phi) is 6.82. The average molecular weight is 470 g/mol. The molecule has 0 saturated carbocycles. The van der Waals surface area contributed by atoms with E-state index in [4.69, 9.17) is 9.26 Å². The molecule has 1 amide bonds. The molecular formula is C23H28FN7O3. The van der Waals surface area contributed by atoms with E-state index in [0.29, 0.717) is 49.8 Å². The van der Waals surface area contributed by atoms with Crippen LogP contribution < -0.4 is 15.1 Å². The summed E-state index contributed by atoms with van der Waals surface area (Å²) in [6.45, 7) is 7.66. The highest BCUT2D eigenvalue weighted by molar-refractivity contribution is 6.07. The average Bonchev–Trinajstić information content (AvgIpc) is 3.32. The fourth-order valence-electron chi connectivity index (χ4n) is 4.41. The summed E-state index contributed by atoms with van der Waals surface area (Å²) in [4.78, 5) is 28.1. The van der Waals surface area contributed by atoms with Crippen LogP contribution in [0.5, 0.6) is 0 Å². The van der Waals surface area contributed by atoms with E-state index in [1.165, 1.54) is 18.5 Å². The Morgan fingerprint density at radius 3 is 2.53 bits per heavy atom. The molecule has 10 nitrogen and oxygen atoms in total. The van der Waals surface area contributed by atoms with Gasteiger partial charge in [0.15, 0.2) is 5.69 Å². The van der Waals surface area contributed by atoms with Crippen LogP contribution >= 0.6 is 0 Å². The number of carbonyl (C=O) groups excluding carboxylic acids is 1. The molecule has 2 aliphatic rings. The van der Waals surface area contributed by atoms with Gasteiger partial charge in [0.05, 0.1) is 13.2 Å². The minimum absolute atomic E-state index is 0.213. The first-order valence-electron chi connectivity index (χ1n) is 11.6. The van der Waals surface area contributed by atoms with Crippen LogP contribution in [-0.2, 0) is 4.74 Å². The Bertz CT molecular complexity index is 1110. The number of nitrogens with one attached hydrogen (secondary N) is 1. The first kappa shape index (κ1) is 22.5. The van der Waals surface area contributed by atoms with Crippen LogP contribution in [0.3, 0.4) is 0 Å². The lowest BCUT2D eigenvalue weighted by Gasteiger charge is -2.36. The van der Waals surface area contributed by atoms with Crippen molar-refractivity contribution >= 4 is 28.5 Å². The van der Waals surface area contributed by atoms with E-state index in [-0.39, 0.29) is 17.4 Å². The topological polar surface area (TPSA) is 99.9 Å². The lowest BCUT2D eigenvalue weighted by Crippen LogP contribution is -2.47. The van der Waals surface area contributed by atoms with Gasteiger partial charge in [-0.2, -0.15) is 4.98 Å². The number of nitrogens with zero attached hydrogens (tertiary/aromatic N) is 6. The third kappa shape index (κ3) is 4.95. The quantitative estimate of drug-likeness (QED) is 0.517. The SMILES string of the molecule is O=C(NCCCN1CCN(c2ccc(F)cc2)CC1)c1noc2ncnc(N3CCOCC3)c12. The molecule has 0 radical (unpaired) electrons. The van der Waals surface area contributed by atoms with Crippen molar-refractivity contribution in [3.05, 3.63) is 42.1 Å². The van der Waals surface area contributed by atoms with Crippen molar-refractivity contribution in [1.82, 2.24) is 25.3 Å². The summed E-state index contributed by atoms with van der Waals surface area (Å²) >= 11 is 0. The zero-order chi connectivity index (χ0) is 23.3. The van der Waals surface area contributed by atoms with Gasteiger partial charge < -0.3 is 24.4 Å². The maximum atomic E-state index is 13.1. The largest absolute Gasteiger partial charge is 0.378 e. The van der Waals surface area contributed by atoms with Crippen LogP contribution in [0.25, 0.3) is 11.1 Å². The number of benzene rings is 1. The van der Waals surface area contributed by atoms with Gasteiger partial charge in [-0.05, 0) is 37.2 Å². The zero-order valence-electron chi connectivity index (χ0n) is 19.0. The maximum Gasteiger partial charge on any atom is 0.274 e. The maximum absolute atomic E-state index is 13.1. The van der Waals surface area contributed by atoms with Crippen molar-refractivity contribution in [3.8, 4) is 0 Å². The molecule has 11 heteroatoms. The van der Waals surface area contributed by atoms with Crippen LogP contribution in [0.1, 0.15) is 16.9 Å². The molecular weight excluding hydrogens is 441 g/mol. The molecule has 0 spiro atoms. The smallest absolute Gasteiger partial charge is 0.274 e. The van der Waals surface area contributed by atoms with Crippen molar-refractivity contribution in [2.45, 2.75) is 6.42 Å². The number of hydrogen-bond acceptors (Lipinski definition) is 9. The number of aromatic nitrogens is 3. The Hall–Kier alpha value is -3.31. The molecule has 0 bridgehead atoms. The first-order chi connectivity index (χ1) is 16.7. The highest BCUT2D eigenvalue weighted by Crippen LogP contribution is 2.27. The minimum atomic E-state index is -0.288. The highest BCUT2D eigenvalue weighted by atomic mass is 19.1. The number of rotatable bonds is 7. The third-order valence-electron chi connectivity index (χ3n) is 6.28. The molecule has 2 aliphatic heterocycles. The molecule has 2 fully saturated rings. The molecule has 1 aromatic carbocycles. The van der Waals surface area contributed by atoms with Gasteiger partial charge >= 0.3 is 0 Å². The Labute approximate surface area is 196 Å². The number of hydrogen-bond donors (Lipinski definition) is 1.